The number of carboxylic acid groups (broad SMARTS) is 1. The molecule has 3 aromatic rings. The van der Waals surface area contributed by atoms with Crippen LogP contribution in [0, 0.1) is 12.7 Å². The van der Waals surface area contributed by atoms with Crippen LogP contribution in [0.25, 0.3) is 6.08 Å². The number of rotatable bonds is 6. The van der Waals surface area contributed by atoms with Crippen molar-refractivity contribution in [3.05, 3.63) is 100.0 Å². The Labute approximate surface area is 177 Å². The van der Waals surface area contributed by atoms with E-state index in [9.17, 15) is 19.1 Å². The van der Waals surface area contributed by atoms with Crippen molar-refractivity contribution in [1.29, 1.82) is 0 Å². The minimum absolute atomic E-state index is 0.0821. The molecule has 0 aliphatic carbocycles. The molecule has 0 saturated heterocycles. The zero-order valence-electron chi connectivity index (χ0n) is 15.9. The Morgan fingerprint density at radius 2 is 1.70 bits per heavy atom. The molecule has 0 radical (unpaired) electrons. The van der Waals surface area contributed by atoms with Gasteiger partial charge >= 0.3 is 5.97 Å². The third-order valence-corrected chi connectivity index (χ3v) is 4.47. The van der Waals surface area contributed by atoms with Crippen molar-refractivity contribution < 1.29 is 23.8 Å². The van der Waals surface area contributed by atoms with Gasteiger partial charge in [0, 0.05) is 5.56 Å². The van der Waals surface area contributed by atoms with E-state index in [1.165, 1.54) is 6.08 Å². The van der Waals surface area contributed by atoms with E-state index in [1.54, 1.807) is 73.7 Å². The molecule has 0 atom stereocenters. The summed E-state index contributed by atoms with van der Waals surface area (Å²) in [7, 11) is 0. The fourth-order valence-corrected chi connectivity index (χ4v) is 2.76. The summed E-state index contributed by atoms with van der Waals surface area (Å²) in [6, 6.07) is 17.6. The summed E-state index contributed by atoms with van der Waals surface area (Å²) in [4.78, 5) is 23.7. The third kappa shape index (κ3) is 5.04. The number of hydrogen-bond acceptors (Lipinski definition) is 3. The van der Waals surface area contributed by atoms with Crippen LogP contribution < -0.4 is 10.1 Å². The second-order valence-electron chi connectivity index (χ2n) is 6.36. The lowest BCUT2D eigenvalue weighted by atomic mass is 10.1. The van der Waals surface area contributed by atoms with Crippen LogP contribution in [0.5, 0.6) is 11.5 Å². The van der Waals surface area contributed by atoms with Crippen LogP contribution >= 0.6 is 11.6 Å². The monoisotopic (exact) mass is 425 g/mol. The normalized spacial score (nSPS) is 11.1. The number of benzene rings is 3. The van der Waals surface area contributed by atoms with Crippen LogP contribution in [0.15, 0.2) is 72.4 Å². The number of carboxylic acids is 1. The second-order valence-corrected chi connectivity index (χ2v) is 6.77. The Bertz CT molecular complexity index is 1110. The molecule has 0 aromatic heterocycles. The molecule has 0 spiro atoms. The highest BCUT2D eigenvalue weighted by molar-refractivity contribution is 6.32. The maximum atomic E-state index is 14.2. The van der Waals surface area contributed by atoms with E-state index >= 15 is 0 Å². The van der Waals surface area contributed by atoms with Gasteiger partial charge in [-0.3, -0.25) is 4.79 Å². The van der Waals surface area contributed by atoms with Gasteiger partial charge in [-0.15, -0.1) is 0 Å². The zero-order chi connectivity index (χ0) is 21.7. The molecule has 2 N–H and O–H groups in total. The molecule has 0 unspecified atom stereocenters. The van der Waals surface area contributed by atoms with Crippen molar-refractivity contribution in [3.8, 4) is 11.5 Å². The first-order valence-corrected chi connectivity index (χ1v) is 9.27. The number of nitrogens with one attached hydrogen (secondary N) is 1. The summed E-state index contributed by atoms with van der Waals surface area (Å²) < 4.78 is 19.8. The van der Waals surface area contributed by atoms with Gasteiger partial charge in [0.05, 0.1) is 5.02 Å². The Hall–Kier alpha value is -3.64. The number of aliphatic carboxylic acids is 1. The lowest BCUT2D eigenvalue weighted by Crippen LogP contribution is -2.27. The SMILES string of the molecule is Cc1ccc(Cl)c(Oc2ccc(/C=C(\NC(=O)c3ccccc3)C(=O)O)cc2)c1F. The molecule has 5 nitrogen and oxygen atoms in total. The van der Waals surface area contributed by atoms with E-state index in [0.29, 0.717) is 22.4 Å². The van der Waals surface area contributed by atoms with E-state index in [1.807, 2.05) is 0 Å². The van der Waals surface area contributed by atoms with Crippen LogP contribution in [0.4, 0.5) is 4.39 Å². The number of carbonyl (C=O) groups is 2. The lowest BCUT2D eigenvalue weighted by Gasteiger charge is -2.10. The largest absolute Gasteiger partial charge is 0.477 e. The average molecular weight is 426 g/mol. The van der Waals surface area contributed by atoms with E-state index in [-0.39, 0.29) is 16.5 Å². The Morgan fingerprint density at radius 3 is 2.33 bits per heavy atom. The highest BCUT2D eigenvalue weighted by Crippen LogP contribution is 2.33. The predicted octanol–water partition coefficient (Wildman–Crippen LogP) is 5.44. The lowest BCUT2D eigenvalue weighted by molar-refractivity contribution is -0.132. The zero-order valence-corrected chi connectivity index (χ0v) is 16.6. The summed E-state index contributed by atoms with van der Waals surface area (Å²) in [6.45, 7) is 1.60. The first-order valence-electron chi connectivity index (χ1n) is 8.89. The number of halogens is 2. The number of hydrogen-bond donors (Lipinski definition) is 2. The molecule has 0 aliphatic rings. The van der Waals surface area contributed by atoms with E-state index in [4.69, 9.17) is 16.3 Å². The van der Waals surface area contributed by atoms with Gasteiger partial charge in [-0.05, 0) is 54.5 Å². The van der Waals surface area contributed by atoms with Gasteiger partial charge in [-0.25, -0.2) is 9.18 Å². The van der Waals surface area contributed by atoms with Crippen LogP contribution in [0.1, 0.15) is 21.5 Å². The van der Waals surface area contributed by atoms with Crippen LogP contribution in [0.2, 0.25) is 5.02 Å². The summed E-state index contributed by atoms with van der Waals surface area (Å²) >= 11 is 6.01. The molecular weight excluding hydrogens is 409 g/mol. The van der Waals surface area contributed by atoms with Crippen LogP contribution in [0.3, 0.4) is 0 Å². The van der Waals surface area contributed by atoms with E-state index < -0.39 is 17.7 Å². The van der Waals surface area contributed by atoms with Gasteiger partial charge in [0.1, 0.15) is 11.4 Å². The van der Waals surface area contributed by atoms with Crippen LogP contribution in [-0.4, -0.2) is 17.0 Å². The Kier molecular flexibility index (Phi) is 6.49. The van der Waals surface area contributed by atoms with Crippen molar-refractivity contribution in [3.63, 3.8) is 0 Å². The molecular formula is C23H17ClFNO4. The maximum absolute atomic E-state index is 14.2. The third-order valence-electron chi connectivity index (χ3n) is 4.17. The van der Waals surface area contributed by atoms with Gasteiger partial charge in [0.25, 0.3) is 5.91 Å². The minimum atomic E-state index is -1.28. The fourth-order valence-electron chi connectivity index (χ4n) is 2.58. The maximum Gasteiger partial charge on any atom is 0.352 e. The predicted molar refractivity (Wildman–Crippen MR) is 112 cm³/mol. The topological polar surface area (TPSA) is 75.6 Å². The van der Waals surface area contributed by atoms with Gasteiger partial charge in [0.2, 0.25) is 0 Å². The summed E-state index contributed by atoms with van der Waals surface area (Å²) in [5.41, 5.74) is 0.953. The molecule has 0 saturated carbocycles. The standard InChI is InChI=1S/C23H17ClFNO4/c1-14-7-12-18(24)21(20(14)25)30-17-10-8-15(9-11-17)13-19(23(28)29)26-22(27)16-5-3-2-4-6-16/h2-13H,1H3,(H,26,27)(H,28,29)/b19-13-. The van der Waals surface area contributed by atoms with Crippen LogP contribution in [-0.2, 0) is 4.79 Å². The Balaban J connectivity index is 1.79. The molecule has 3 rings (SSSR count). The van der Waals surface area contributed by atoms with E-state index in [2.05, 4.69) is 5.32 Å². The molecule has 30 heavy (non-hydrogen) atoms. The van der Waals surface area contributed by atoms with E-state index in [0.717, 1.165) is 0 Å². The molecule has 7 heteroatoms. The number of amides is 1. The minimum Gasteiger partial charge on any atom is -0.477 e. The summed E-state index contributed by atoms with van der Waals surface area (Å²) in [6.07, 6.45) is 1.31. The van der Waals surface area contributed by atoms with Crippen molar-refractivity contribution in [2.45, 2.75) is 6.92 Å². The van der Waals surface area contributed by atoms with Gasteiger partial charge < -0.3 is 15.2 Å². The van der Waals surface area contributed by atoms with Crippen molar-refractivity contribution >= 4 is 29.6 Å². The molecule has 3 aromatic carbocycles. The first kappa shape index (κ1) is 21.1. The molecule has 0 bridgehead atoms. The van der Waals surface area contributed by atoms with Gasteiger partial charge in [0.15, 0.2) is 11.6 Å². The first-order chi connectivity index (χ1) is 14.3. The number of aryl methyl sites for hydroxylation is 1. The fraction of sp³-hybridized carbons (Fsp3) is 0.0435. The highest BCUT2D eigenvalue weighted by atomic mass is 35.5. The van der Waals surface area contributed by atoms with Crippen molar-refractivity contribution in [1.82, 2.24) is 5.32 Å². The molecule has 0 aliphatic heterocycles. The van der Waals surface area contributed by atoms with Gasteiger partial charge in [-0.1, -0.05) is 48.0 Å². The summed E-state index contributed by atoms with van der Waals surface area (Å²) in [5, 5.41) is 11.9. The average Bonchev–Trinajstić information content (AvgIpc) is 2.75. The number of ether oxygens (including phenoxy) is 1. The van der Waals surface area contributed by atoms with Gasteiger partial charge in [-0.2, -0.15) is 0 Å². The molecule has 0 fully saturated rings. The second kappa shape index (κ2) is 9.24. The van der Waals surface area contributed by atoms with Crippen molar-refractivity contribution in [2.24, 2.45) is 0 Å². The number of carbonyl (C=O) groups excluding carboxylic acids is 1. The summed E-state index contributed by atoms with van der Waals surface area (Å²) in [5.74, 6) is -2.13. The highest BCUT2D eigenvalue weighted by Gasteiger charge is 2.14. The Morgan fingerprint density at radius 1 is 1.03 bits per heavy atom. The smallest absolute Gasteiger partial charge is 0.352 e. The molecule has 0 heterocycles. The molecule has 152 valence electrons. The quantitative estimate of drug-likeness (QED) is 0.516. The van der Waals surface area contributed by atoms with Crippen molar-refractivity contribution in [2.75, 3.05) is 0 Å². The molecule has 1 amide bonds.